The second-order valence-corrected chi connectivity index (χ2v) is 10.2. The highest BCUT2D eigenvalue weighted by Crippen LogP contribution is 2.42. The molecule has 5 rings (SSSR count). The molecule has 2 fully saturated rings. The van der Waals surface area contributed by atoms with Crippen LogP contribution in [-0.4, -0.2) is 29.9 Å². The van der Waals surface area contributed by atoms with E-state index in [1.54, 1.807) is 0 Å². The third kappa shape index (κ3) is 5.22. The Kier molecular flexibility index (Phi) is 6.51. The summed E-state index contributed by atoms with van der Waals surface area (Å²) in [6.07, 6.45) is -5.91. The van der Waals surface area contributed by atoms with E-state index >= 15 is 0 Å². The van der Waals surface area contributed by atoms with Gasteiger partial charge in [0.1, 0.15) is 0 Å². The summed E-state index contributed by atoms with van der Waals surface area (Å²) in [5.41, 5.74) is -0.750. The van der Waals surface area contributed by atoms with Crippen LogP contribution < -0.4 is 5.32 Å². The van der Waals surface area contributed by atoms with E-state index in [0.717, 1.165) is 37.9 Å². The molecule has 9 heteroatoms. The van der Waals surface area contributed by atoms with Gasteiger partial charge in [0.15, 0.2) is 0 Å². The molecule has 0 radical (unpaired) electrons. The van der Waals surface area contributed by atoms with Crippen LogP contribution in [0.4, 0.5) is 26.3 Å². The van der Waals surface area contributed by atoms with Gasteiger partial charge in [-0.25, -0.2) is 0 Å². The van der Waals surface area contributed by atoms with Gasteiger partial charge in [-0.15, -0.1) is 0 Å². The molecule has 3 nitrogen and oxygen atoms in total. The Morgan fingerprint density at radius 2 is 1.62 bits per heavy atom. The van der Waals surface area contributed by atoms with Gasteiger partial charge in [-0.2, -0.15) is 26.3 Å². The van der Waals surface area contributed by atoms with Crippen molar-refractivity contribution in [2.24, 2.45) is 5.92 Å². The van der Waals surface area contributed by atoms with E-state index in [2.05, 4.69) is 28.1 Å². The molecular weight excluding hydrogens is 494 g/mol. The molecular formula is C28H26F6N2O. The Hall–Kier alpha value is -2.99. The van der Waals surface area contributed by atoms with Crippen LogP contribution >= 0.6 is 0 Å². The summed E-state index contributed by atoms with van der Waals surface area (Å²) in [4.78, 5) is 15.2. The number of alkyl halides is 6. The van der Waals surface area contributed by atoms with Crippen LogP contribution in [0, 0.1) is 17.8 Å². The number of hydrogen-bond acceptors (Lipinski definition) is 2. The number of nitrogens with one attached hydrogen (secondary N) is 1. The molecule has 3 aliphatic rings. The van der Waals surface area contributed by atoms with Gasteiger partial charge < -0.3 is 10.2 Å². The zero-order valence-electron chi connectivity index (χ0n) is 20.0. The smallest absolute Gasteiger partial charge is 0.352 e. The summed E-state index contributed by atoms with van der Waals surface area (Å²) in [5.74, 6) is 6.07. The van der Waals surface area contributed by atoms with E-state index in [0.29, 0.717) is 25.0 Å². The van der Waals surface area contributed by atoms with E-state index in [4.69, 9.17) is 0 Å². The van der Waals surface area contributed by atoms with Crippen molar-refractivity contribution in [1.29, 1.82) is 0 Å². The maximum Gasteiger partial charge on any atom is 0.416 e. The van der Waals surface area contributed by atoms with Crippen molar-refractivity contribution in [2.45, 2.75) is 62.5 Å². The highest BCUT2D eigenvalue weighted by Gasteiger charge is 2.42. The highest BCUT2D eigenvalue weighted by atomic mass is 19.4. The summed E-state index contributed by atoms with van der Waals surface area (Å²) in [6.45, 7) is 1.34. The van der Waals surface area contributed by atoms with E-state index in [9.17, 15) is 31.1 Å². The van der Waals surface area contributed by atoms with Gasteiger partial charge in [0, 0.05) is 37.2 Å². The molecule has 2 atom stereocenters. The maximum absolute atomic E-state index is 13.1. The second-order valence-electron chi connectivity index (χ2n) is 10.2. The Balaban J connectivity index is 1.17. The largest absolute Gasteiger partial charge is 0.416 e. The van der Waals surface area contributed by atoms with Crippen LogP contribution in [0.1, 0.15) is 59.9 Å². The maximum atomic E-state index is 13.1. The first-order chi connectivity index (χ1) is 17.4. The summed E-state index contributed by atoms with van der Waals surface area (Å²) < 4.78 is 78.6. The number of piperidine rings is 1. The molecule has 1 N–H and O–H groups in total. The van der Waals surface area contributed by atoms with Gasteiger partial charge in [0.25, 0.3) is 0 Å². The van der Waals surface area contributed by atoms with Crippen molar-refractivity contribution >= 4 is 5.91 Å². The predicted octanol–water partition coefficient (Wildman–Crippen LogP) is 5.91. The zero-order valence-corrected chi connectivity index (χ0v) is 20.0. The fourth-order valence-corrected chi connectivity index (χ4v) is 5.91. The van der Waals surface area contributed by atoms with E-state index in [1.165, 1.54) is 5.56 Å². The number of likely N-dealkylation sites (tertiary alicyclic amines) is 1. The summed E-state index contributed by atoms with van der Waals surface area (Å²) in [7, 11) is 0. The number of hydrogen-bond donors (Lipinski definition) is 1. The first kappa shape index (κ1) is 25.7. The molecule has 1 saturated carbocycles. The molecule has 1 saturated heterocycles. The fourth-order valence-electron chi connectivity index (χ4n) is 5.91. The van der Waals surface area contributed by atoms with E-state index < -0.39 is 30.0 Å². The van der Waals surface area contributed by atoms with Crippen LogP contribution in [0.5, 0.6) is 0 Å². The number of carbonyl (C=O) groups excluding carboxylic acids is 1. The Morgan fingerprint density at radius 1 is 0.973 bits per heavy atom. The number of benzene rings is 2. The molecule has 1 heterocycles. The van der Waals surface area contributed by atoms with Gasteiger partial charge in [-0.3, -0.25) is 4.79 Å². The average Bonchev–Trinajstić information content (AvgIpc) is 3.48. The molecule has 2 unspecified atom stereocenters. The van der Waals surface area contributed by atoms with Crippen LogP contribution in [0.25, 0.3) is 0 Å². The van der Waals surface area contributed by atoms with Crippen molar-refractivity contribution in [2.75, 3.05) is 13.1 Å². The Bertz CT molecular complexity index is 1220. The Labute approximate surface area is 211 Å². The topological polar surface area (TPSA) is 32.3 Å². The van der Waals surface area contributed by atoms with Crippen molar-refractivity contribution < 1.29 is 31.1 Å². The lowest BCUT2D eigenvalue weighted by molar-refractivity contribution is -0.143. The molecule has 196 valence electrons. The lowest BCUT2D eigenvalue weighted by atomic mass is 9.74. The molecule has 2 aromatic carbocycles. The molecule has 0 aromatic heterocycles. The quantitative estimate of drug-likeness (QED) is 0.402. The minimum Gasteiger partial charge on any atom is -0.352 e. The van der Waals surface area contributed by atoms with E-state index in [-0.39, 0.29) is 34.9 Å². The minimum absolute atomic E-state index is 0.0887. The summed E-state index contributed by atoms with van der Waals surface area (Å²) in [6, 6.07) is 9.83. The number of rotatable bonds is 4. The SMILES string of the molecule is O=C(NCc1cc(C(F)(F)F)cc(C(F)(F)F)c1)C1CCC(N2CCC3(C#Cc4ccccc43)CC2)C1. The van der Waals surface area contributed by atoms with Crippen molar-refractivity contribution in [3.8, 4) is 11.8 Å². The van der Waals surface area contributed by atoms with Crippen LogP contribution in [0.2, 0.25) is 0 Å². The molecule has 1 amide bonds. The number of carbonyl (C=O) groups is 1. The van der Waals surface area contributed by atoms with Gasteiger partial charge in [0.05, 0.1) is 16.5 Å². The molecule has 1 aliphatic heterocycles. The molecule has 0 bridgehead atoms. The summed E-state index contributed by atoms with van der Waals surface area (Å²) >= 11 is 0. The predicted molar refractivity (Wildman–Crippen MR) is 125 cm³/mol. The lowest BCUT2D eigenvalue weighted by Gasteiger charge is -2.40. The van der Waals surface area contributed by atoms with Crippen LogP contribution in [-0.2, 0) is 29.1 Å². The van der Waals surface area contributed by atoms with Gasteiger partial charge in [-0.1, -0.05) is 30.0 Å². The number of nitrogens with zero attached hydrogens (tertiary/aromatic N) is 1. The van der Waals surface area contributed by atoms with Crippen molar-refractivity contribution in [1.82, 2.24) is 10.2 Å². The van der Waals surface area contributed by atoms with Crippen molar-refractivity contribution in [3.05, 3.63) is 70.3 Å². The number of amides is 1. The lowest BCUT2D eigenvalue weighted by Crippen LogP contribution is -2.45. The van der Waals surface area contributed by atoms with Crippen LogP contribution in [0.15, 0.2) is 42.5 Å². The minimum atomic E-state index is -4.92. The van der Waals surface area contributed by atoms with Gasteiger partial charge in [-0.05, 0) is 67.5 Å². The van der Waals surface area contributed by atoms with E-state index in [1.807, 2.05) is 18.2 Å². The molecule has 2 aliphatic carbocycles. The standard InChI is InChI=1S/C28H26F6N2O/c29-27(30,31)21-13-18(14-22(16-21)28(32,33)34)17-35-25(37)20-5-6-23(15-20)36-11-9-26(10-12-36)8-7-19-3-1-2-4-24(19)26/h1-4,13-14,16,20,23H,5-6,9-12,15,17H2,(H,35,37). The third-order valence-electron chi connectivity index (χ3n) is 7.94. The van der Waals surface area contributed by atoms with Crippen molar-refractivity contribution in [3.63, 3.8) is 0 Å². The fraction of sp³-hybridized carbons (Fsp3) is 0.464. The normalized spacial score (nSPS) is 23.0. The molecule has 37 heavy (non-hydrogen) atoms. The van der Waals surface area contributed by atoms with Crippen LogP contribution in [0.3, 0.4) is 0 Å². The third-order valence-corrected chi connectivity index (χ3v) is 7.94. The summed E-state index contributed by atoms with van der Waals surface area (Å²) in [5, 5.41) is 2.56. The first-order valence-corrected chi connectivity index (χ1v) is 12.4. The first-order valence-electron chi connectivity index (χ1n) is 12.4. The van der Waals surface area contributed by atoms with Gasteiger partial charge in [0.2, 0.25) is 5.91 Å². The highest BCUT2D eigenvalue weighted by molar-refractivity contribution is 5.79. The average molecular weight is 521 g/mol. The Morgan fingerprint density at radius 3 is 2.27 bits per heavy atom. The van der Waals surface area contributed by atoms with Gasteiger partial charge >= 0.3 is 12.4 Å². The number of halogens is 6. The second kappa shape index (κ2) is 9.39. The monoisotopic (exact) mass is 520 g/mol. The zero-order chi connectivity index (χ0) is 26.4. The number of fused-ring (bicyclic) bond motifs is 2. The molecule has 1 spiro atoms. The molecule has 2 aromatic rings.